The molecule has 8 heteroatoms. The zero-order valence-electron chi connectivity index (χ0n) is 20.6. The smallest absolute Gasteiger partial charge is 0.255 e. The number of carbonyl (C=O) groups is 1. The van der Waals surface area contributed by atoms with Gasteiger partial charge in [-0.1, -0.05) is 0 Å². The maximum Gasteiger partial charge on any atom is 0.255 e. The first-order valence-corrected chi connectivity index (χ1v) is 12.9. The van der Waals surface area contributed by atoms with Crippen LogP contribution in [-0.2, 0) is 0 Å². The van der Waals surface area contributed by atoms with E-state index in [9.17, 15) is 4.79 Å². The molecule has 0 radical (unpaired) electrons. The van der Waals surface area contributed by atoms with Gasteiger partial charge in [-0.05, 0) is 76.9 Å². The minimum Gasteiger partial charge on any atom is -0.486 e. The largest absolute Gasteiger partial charge is 0.486 e. The van der Waals surface area contributed by atoms with Crippen molar-refractivity contribution in [3.8, 4) is 22.8 Å². The number of aromatic nitrogens is 3. The summed E-state index contributed by atoms with van der Waals surface area (Å²) in [7, 11) is 0. The van der Waals surface area contributed by atoms with Gasteiger partial charge in [0.25, 0.3) is 5.91 Å². The number of pyridine rings is 1. The van der Waals surface area contributed by atoms with Gasteiger partial charge in [0.15, 0.2) is 17.1 Å². The van der Waals surface area contributed by atoms with Crippen molar-refractivity contribution >= 4 is 16.9 Å². The molecule has 1 aromatic carbocycles. The molecule has 3 aliphatic rings. The lowest BCUT2D eigenvalue weighted by atomic mass is 10.0. The number of hydrogen-bond acceptors (Lipinski definition) is 6. The van der Waals surface area contributed by atoms with Crippen LogP contribution in [-0.4, -0.2) is 75.9 Å². The van der Waals surface area contributed by atoms with Gasteiger partial charge in [-0.3, -0.25) is 4.79 Å². The van der Waals surface area contributed by atoms with Crippen LogP contribution in [0.15, 0.2) is 30.5 Å². The van der Waals surface area contributed by atoms with Gasteiger partial charge in [0.05, 0.1) is 22.8 Å². The van der Waals surface area contributed by atoms with E-state index in [1.54, 1.807) is 6.20 Å². The number of nitrogens with zero attached hydrogens (tertiary/aromatic N) is 5. The van der Waals surface area contributed by atoms with Crippen molar-refractivity contribution < 1.29 is 14.3 Å². The summed E-state index contributed by atoms with van der Waals surface area (Å²) >= 11 is 0. The second-order valence-electron chi connectivity index (χ2n) is 10.1. The number of rotatable bonds is 5. The summed E-state index contributed by atoms with van der Waals surface area (Å²) in [6.45, 7) is 9.31. The lowest BCUT2D eigenvalue weighted by Crippen LogP contribution is -2.42. The topological polar surface area (TPSA) is 72.7 Å². The Labute approximate surface area is 205 Å². The second-order valence-corrected chi connectivity index (χ2v) is 10.1. The van der Waals surface area contributed by atoms with E-state index in [1.807, 2.05) is 28.9 Å². The molecular formula is C27H33N5O3. The molecule has 2 saturated heterocycles. The zero-order chi connectivity index (χ0) is 23.9. The SMILES string of the molecule is CC(C)n1ncc2c(C(=O)N3CCCC3CN3CCCC3)cc(-c3ccc4c(c3)OCCO4)nc21. The number of carbonyl (C=O) groups excluding carboxylic acids is 1. The summed E-state index contributed by atoms with van der Waals surface area (Å²) in [4.78, 5) is 23.6. The number of fused-ring (bicyclic) bond motifs is 2. The predicted molar refractivity (Wildman–Crippen MR) is 134 cm³/mol. The van der Waals surface area contributed by atoms with E-state index in [4.69, 9.17) is 14.5 Å². The molecule has 0 aliphatic carbocycles. The van der Waals surface area contributed by atoms with Gasteiger partial charge in [0.1, 0.15) is 13.2 Å². The van der Waals surface area contributed by atoms with Crippen molar-refractivity contribution in [1.29, 1.82) is 0 Å². The molecule has 0 bridgehead atoms. The maximum atomic E-state index is 14.0. The van der Waals surface area contributed by atoms with E-state index in [2.05, 4.69) is 28.7 Å². The molecular weight excluding hydrogens is 442 g/mol. The Kier molecular flexibility index (Phi) is 5.84. The third-order valence-electron chi connectivity index (χ3n) is 7.43. The van der Waals surface area contributed by atoms with Crippen LogP contribution in [0.1, 0.15) is 55.9 Å². The Morgan fingerprint density at radius 2 is 1.86 bits per heavy atom. The molecule has 184 valence electrons. The average molecular weight is 476 g/mol. The van der Waals surface area contributed by atoms with E-state index in [0.717, 1.165) is 67.1 Å². The van der Waals surface area contributed by atoms with Gasteiger partial charge in [0, 0.05) is 30.7 Å². The summed E-state index contributed by atoms with van der Waals surface area (Å²) in [6, 6.07) is 8.20. The molecule has 35 heavy (non-hydrogen) atoms. The minimum atomic E-state index is 0.0844. The molecule has 1 amide bonds. The third kappa shape index (κ3) is 4.14. The Hall–Kier alpha value is -3.13. The summed E-state index contributed by atoms with van der Waals surface area (Å²) in [5.41, 5.74) is 3.07. The molecule has 2 aromatic heterocycles. The minimum absolute atomic E-state index is 0.0844. The molecule has 3 aliphatic heterocycles. The van der Waals surface area contributed by atoms with Crippen LogP contribution in [0.4, 0.5) is 0 Å². The van der Waals surface area contributed by atoms with Crippen molar-refractivity contribution in [2.24, 2.45) is 0 Å². The first-order valence-electron chi connectivity index (χ1n) is 12.9. The molecule has 1 unspecified atom stereocenters. The molecule has 0 N–H and O–H groups in total. The monoisotopic (exact) mass is 475 g/mol. The van der Waals surface area contributed by atoms with E-state index in [-0.39, 0.29) is 18.0 Å². The van der Waals surface area contributed by atoms with E-state index < -0.39 is 0 Å². The molecule has 8 nitrogen and oxygen atoms in total. The summed E-state index contributed by atoms with van der Waals surface area (Å²) in [5.74, 6) is 1.54. The molecule has 1 atom stereocenters. The van der Waals surface area contributed by atoms with Crippen molar-refractivity contribution in [1.82, 2.24) is 24.6 Å². The van der Waals surface area contributed by atoms with Crippen LogP contribution in [0.5, 0.6) is 11.5 Å². The van der Waals surface area contributed by atoms with Gasteiger partial charge in [-0.25, -0.2) is 9.67 Å². The Morgan fingerprint density at radius 3 is 2.66 bits per heavy atom. The van der Waals surface area contributed by atoms with Crippen LogP contribution < -0.4 is 9.47 Å². The molecule has 3 aromatic rings. The molecule has 0 saturated carbocycles. The number of hydrogen-bond donors (Lipinski definition) is 0. The predicted octanol–water partition coefficient (Wildman–Crippen LogP) is 4.15. The highest BCUT2D eigenvalue weighted by atomic mass is 16.6. The third-order valence-corrected chi connectivity index (χ3v) is 7.43. The Bertz CT molecular complexity index is 1250. The van der Waals surface area contributed by atoms with Gasteiger partial charge in [0.2, 0.25) is 0 Å². The fraction of sp³-hybridized carbons (Fsp3) is 0.519. The fourth-order valence-electron chi connectivity index (χ4n) is 5.63. The second kappa shape index (κ2) is 9.15. The Balaban J connectivity index is 1.41. The van der Waals surface area contributed by atoms with Gasteiger partial charge in [-0.2, -0.15) is 5.10 Å². The maximum absolute atomic E-state index is 14.0. The highest BCUT2D eigenvalue weighted by molar-refractivity contribution is 6.06. The average Bonchev–Trinajstić information content (AvgIpc) is 3.64. The first-order chi connectivity index (χ1) is 17.1. The van der Waals surface area contributed by atoms with E-state index in [1.165, 1.54) is 12.8 Å². The van der Waals surface area contributed by atoms with Crippen molar-refractivity contribution in [3.63, 3.8) is 0 Å². The van der Waals surface area contributed by atoms with E-state index in [0.29, 0.717) is 24.5 Å². The number of benzene rings is 1. The summed E-state index contributed by atoms with van der Waals surface area (Å²) in [5, 5.41) is 5.42. The molecule has 0 spiro atoms. The van der Waals surface area contributed by atoms with Crippen LogP contribution in [0.25, 0.3) is 22.3 Å². The van der Waals surface area contributed by atoms with Crippen LogP contribution in [0, 0.1) is 0 Å². The fourth-order valence-corrected chi connectivity index (χ4v) is 5.63. The lowest BCUT2D eigenvalue weighted by Gasteiger charge is -2.29. The van der Waals surface area contributed by atoms with Crippen LogP contribution >= 0.6 is 0 Å². The summed E-state index contributed by atoms with van der Waals surface area (Å²) in [6.07, 6.45) is 6.45. The molecule has 2 fully saturated rings. The first kappa shape index (κ1) is 22.3. The van der Waals surface area contributed by atoms with Crippen molar-refractivity contribution in [2.45, 2.75) is 51.6 Å². The number of amides is 1. The summed E-state index contributed by atoms with van der Waals surface area (Å²) < 4.78 is 13.4. The van der Waals surface area contributed by atoms with Crippen LogP contribution in [0.3, 0.4) is 0 Å². The van der Waals surface area contributed by atoms with Crippen molar-refractivity contribution in [3.05, 3.63) is 36.0 Å². The number of ether oxygens (including phenoxy) is 2. The normalized spacial score (nSPS) is 20.3. The highest BCUT2D eigenvalue weighted by Crippen LogP contribution is 2.36. The van der Waals surface area contributed by atoms with E-state index >= 15 is 0 Å². The highest BCUT2D eigenvalue weighted by Gasteiger charge is 2.33. The van der Waals surface area contributed by atoms with Gasteiger partial charge >= 0.3 is 0 Å². The number of likely N-dealkylation sites (tertiary alicyclic amines) is 2. The van der Waals surface area contributed by atoms with Crippen molar-refractivity contribution in [2.75, 3.05) is 39.4 Å². The Morgan fingerprint density at radius 1 is 1.06 bits per heavy atom. The standard InChI is InChI=1S/C27H33N5O3/c1-18(2)32-26-22(16-28-32)21(27(33)31-11-5-6-20(31)17-30-9-3-4-10-30)15-23(29-26)19-7-8-24-25(14-19)35-13-12-34-24/h7-8,14-16,18,20H,3-6,9-13,17H2,1-2H3. The zero-order valence-corrected chi connectivity index (χ0v) is 20.6. The molecule has 6 rings (SSSR count). The lowest BCUT2D eigenvalue weighted by molar-refractivity contribution is 0.0710. The van der Waals surface area contributed by atoms with Gasteiger partial charge in [-0.15, -0.1) is 0 Å². The van der Waals surface area contributed by atoms with Crippen LogP contribution in [0.2, 0.25) is 0 Å². The van der Waals surface area contributed by atoms with Gasteiger partial charge < -0.3 is 19.3 Å². The quantitative estimate of drug-likeness (QED) is 0.552. The molecule has 5 heterocycles.